The van der Waals surface area contributed by atoms with Crippen LogP contribution in [0.3, 0.4) is 0 Å². The number of halogens is 2. The van der Waals surface area contributed by atoms with Gasteiger partial charge in [0, 0.05) is 25.7 Å². The van der Waals surface area contributed by atoms with Gasteiger partial charge in [0.05, 0.1) is 0 Å². The van der Waals surface area contributed by atoms with Crippen LogP contribution in [0, 0.1) is 11.6 Å². The van der Waals surface area contributed by atoms with Gasteiger partial charge in [-0.3, -0.25) is 0 Å². The number of rotatable bonds is 2. The first-order valence-corrected chi connectivity index (χ1v) is 5.04. The van der Waals surface area contributed by atoms with Crippen molar-refractivity contribution in [2.45, 2.75) is 6.54 Å². The van der Waals surface area contributed by atoms with Crippen LogP contribution in [0.4, 0.5) is 8.78 Å². The predicted molar refractivity (Wildman–Crippen MR) is 57.4 cm³/mol. The van der Waals surface area contributed by atoms with Crippen molar-refractivity contribution in [2.75, 3.05) is 13.1 Å². The van der Waals surface area contributed by atoms with Gasteiger partial charge in [-0.1, -0.05) is 0 Å². The monoisotopic (exact) mass is 228 g/mol. The first-order chi connectivity index (χ1) is 7.15. The normalized spacial score (nSPS) is 15.6. The van der Waals surface area contributed by atoms with Gasteiger partial charge in [0.1, 0.15) is 11.6 Å². The van der Waals surface area contributed by atoms with Gasteiger partial charge in [-0.2, -0.15) is 0 Å². The Balaban J connectivity index is 2.13. The summed E-state index contributed by atoms with van der Waals surface area (Å²) in [6.45, 7) is 2.01. The minimum absolute atomic E-state index is 0.445. The van der Waals surface area contributed by atoms with E-state index in [4.69, 9.17) is 12.2 Å². The van der Waals surface area contributed by atoms with E-state index in [9.17, 15) is 8.78 Å². The summed E-state index contributed by atoms with van der Waals surface area (Å²) in [6.07, 6.45) is 0. The molecule has 15 heavy (non-hydrogen) atoms. The lowest BCUT2D eigenvalue weighted by Gasteiger charge is -2.16. The summed E-state index contributed by atoms with van der Waals surface area (Å²) in [5.41, 5.74) is 0.596. The summed E-state index contributed by atoms with van der Waals surface area (Å²) in [4.78, 5) is 1.88. The van der Waals surface area contributed by atoms with Crippen molar-refractivity contribution in [3.63, 3.8) is 0 Å². The topological polar surface area (TPSA) is 15.3 Å². The van der Waals surface area contributed by atoms with Crippen molar-refractivity contribution in [3.8, 4) is 0 Å². The minimum Gasteiger partial charge on any atom is -0.361 e. The smallest absolute Gasteiger partial charge is 0.169 e. The number of hydrogen-bond acceptors (Lipinski definition) is 1. The minimum atomic E-state index is -0.553. The van der Waals surface area contributed by atoms with Gasteiger partial charge < -0.3 is 10.2 Å². The van der Waals surface area contributed by atoms with Gasteiger partial charge in [-0.15, -0.1) is 0 Å². The highest BCUT2D eigenvalue weighted by atomic mass is 32.1. The van der Waals surface area contributed by atoms with Gasteiger partial charge in [0.25, 0.3) is 0 Å². The zero-order valence-electron chi connectivity index (χ0n) is 7.96. The van der Waals surface area contributed by atoms with Gasteiger partial charge in [-0.05, 0) is 29.9 Å². The van der Waals surface area contributed by atoms with Gasteiger partial charge in [0.15, 0.2) is 5.11 Å². The quantitative estimate of drug-likeness (QED) is 0.775. The lowest BCUT2D eigenvalue weighted by atomic mass is 10.2. The van der Waals surface area contributed by atoms with E-state index in [0.29, 0.717) is 17.2 Å². The van der Waals surface area contributed by atoms with Gasteiger partial charge in [-0.25, -0.2) is 8.78 Å². The fraction of sp³-hybridized carbons (Fsp3) is 0.300. The van der Waals surface area contributed by atoms with Crippen molar-refractivity contribution in [1.29, 1.82) is 0 Å². The highest BCUT2D eigenvalue weighted by molar-refractivity contribution is 7.80. The first kappa shape index (κ1) is 10.3. The Bertz CT molecular complexity index is 375. The third-order valence-corrected chi connectivity index (χ3v) is 2.64. The maximum absolute atomic E-state index is 12.9. The highest BCUT2D eigenvalue weighted by Crippen LogP contribution is 2.11. The molecule has 1 aliphatic heterocycles. The van der Waals surface area contributed by atoms with E-state index in [2.05, 4.69) is 5.32 Å². The molecule has 1 fully saturated rings. The molecule has 2 rings (SSSR count). The standard InChI is InChI=1S/C10H10F2N2S/c11-8-3-7(4-9(12)5-8)6-14-2-1-13-10(14)15/h3-5H,1-2,6H2,(H,13,15). The molecule has 0 aliphatic carbocycles. The molecule has 0 spiro atoms. The molecule has 1 saturated heterocycles. The SMILES string of the molecule is Fc1cc(F)cc(CN2CCNC2=S)c1. The first-order valence-electron chi connectivity index (χ1n) is 4.63. The molecule has 1 aromatic rings. The number of nitrogens with zero attached hydrogens (tertiary/aromatic N) is 1. The van der Waals surface area contributed by atoms with Crippen molar-refractivity contribution >= 4 is 17.3 Å². The van der Waals surface area contributed by atoms with Crippen LogP contribution in [0.1, 0.15) is 5.56 Å². The average molecular weight is 228 g/mol. The molecular weight excluding hydrogens is 218 g/mol. The summed E-state index contributed by atoms with van der Waals surface area (Å²) in [5, 5.41) is 3.63. The van der Waals surface area contributed by atoms with Crippen LogP contribution in [0.5, 0.6) is 0 Å². The maximum Gasteiger partial charge on any atom is 0.169 e. The van der Waals surface area contributed by atoms with Crippen LogP contribution >= 0.6 is 12.2 Å². The zero-order valence-corrected chi connectivity index (χ0v) is 8.78. The molecule has 1 N–H and O–H groups in total. The fourth-order valence-electron chi connectivity index (χ4n) is 1.58. The van der Waals surface area contributed by atoms with Crippen molar-refractivity contribution in [1.82, 2.24) is 10.2 Å². The van der Waals surface area contributed by atoms with Crippen LogP contribution < -0.4 is 5.32 Å². The Hall–Kier alpha value is -1.23. The summed E-state index contributed by atoms with van der Waals surface area (Å²) < 4.78 is 25.8. The van der Waals surface area contributed by atoms with E-state index in [-0.39, 0.29) is 0 Å². The summed E-state index contributed by atoms with van der Waals surface area (Å²) in [7, 11) is 0. The van der Waals surface area contributed by atoms with E-state index in [1.54, 1.807) is 0 Å². The van der Waals surface area contributed by atoms with E-state index in [0.717, 1.165) is 19.2 Å². The Morgan fingerprint density at radius 1 is 1.27 bits per heavy atom. The van der Waals surface area contributed by atoms with E-state index < -0.39 is 11.6 Å². The molecule has 1 heterocycles. The van der Waals surface area contributed by atoms with Crippen molar-refractivity contribution in [2.24, 2.45) is 0 Å². The second kappa shape index (κ2) is 4.10. The molecule has 80 valence electrons. The molecule has 0 radical (unpaired) electrons. The van der Waals surface area contributed by atoms with E-state index in [1.807, 2.05) is 4.90 Å². The van der Waals surface area contributed by atoms with Gasteiger partial charge >= 0.3 is 0 Å². The summed E-state index contributed by atoms with van der Waals surface area (Å²) in [6, 6.07) is 3.51. The van der Waals surface area contributed by atoms with Crippen molar-refractivity contribution in [3.05, 3.63) is 35.4 Å². The fourth-order valence-corrected chi connectivity index (χ4v) is 1.84. The lowest BCUT2D eigenvalue weighted by molar-refractivity contribution is 0.459. The predicted octanol–water partition coefficient (Wildman–Crippen LogP) is 1.65. The van der Waals surface area contributed by atoms with Crippen molar-refractivity contribution < 1.29 is 8.78 Å². The molecule has 5 heteroatoms. The number of nitrogens with one attached hydrogen (secondary N) is 1. The summed E-state index contributed by atoms with van der Waals surface area (Å²) >= 11 is 5.03. The molecule has 0 aromatic heterocycles. The van der Waals surface area contributed by atoms with Gasteiger partial charge in [0.2, 0.25) is 0 Å². The second-order valence-corrected chi connectivity index (χ2v) is 3.82. The molecule has 2 nitrogen and oxygen atoms in total. The third-order valence-electron chi connectivity index (χ3n) is 2.24. The largest absolute Gasteiger partial charge is 0.361 e. The molecule has 1 aromatic carbocycles. The molecule has 0 unspecified atom stereocenters. The Morgan fingerprint density at radius 2 is 1.93 bits per heavy atom. The van der Waals surface area contributed by atoms with E-state index in [1.165, 1.54) is 12.1 Å². The lowest BCUT2D eigenvalue weighted by Crippen LogP contribution is -2.27. The Kier molecular flexibility index (Phi) is 2.81. The van der Waals surface area contributed by atoms with Crippen LogP contribution in [0.15, 0.2) is 18.2 Å². The third kappa shape index (κ3) is 2.41. The van der Waals surface area contributed by atoms with Crippen LogP contribution in [0.2, 0.25) is 0 Å². The highest BCUT2D eigenvalue weighted by Gasteiger charge is 2.16. The van der Waals surface area contributed by atoms with E-state index >= 15 is 0 Å². The molecular formula is C10H10F2N2S. The second-order valence-electron chi connectivity index (χ2n) is 3.43. The number of benzene rings is 1. The molecule has 0 atom stereocenters. The van der Waals surface area contributed by atoms with Crippen LogP contribution in [0.25, 0.3) is 0 Å². The zero-order chi connectivity index (χ0) is 10.8. The number of hydrogen-bond donors (Lipinski definition) is 1. The Labute approximate surface area is 91.9 Å². The summed E-state index contributed by atoms with van der Waals surface area (Å²) in [5.74, 6) is -1.11. The van der Waals surface area contributed by atoms with Crippen LogP contribution in [-0.4, -0.2) is 23.1 Å². The number of thiocarbonyl (C=S) groups is 1. The molecule has 0 amide bonds. The van der Waals surface area contributed by atoms with Crippen LogP contribution in [-0.2, 0) is 6.54 Å². The Morgan fingerprint density at radius 3 is 2.47 bits per heavy atom. The maximum atomic E-state index is 12.9. The molecule has 0 bridgehead atoms. The molecule has 1 aliphatic rings. The average Bonchev–Trinajstić information content (AvgIpc) is 2.50. The molecule has 0 saturated carbocycles.